The van der Waals surface area contributed by atoms with Crippen molar-refractivity contribution in [2.75, 3.05) is 17.0 Å². The Morgan fingerprint density at radius 1 is 1.59 bits per heavy atom. The largest absolute Gasteiger partial charge is 0.313 e. The molecule has 2 rings (SSSR count). The van der Waals surface area contributed by atoms with E-state index in [0.29, 0.717) is 5.82 Å². The topological polar surface area (TPSA) is 71.1 Å². The van der Waals surface area contributed by atoms with Gasteiger partial charge in [-0.15, -0.1) is 0 Å². The number of pyridine rings is 1. The van der Waals surface area contributed by atoms with Crippen LogP contribution >= 0.6 is 0 Å². The van der Waals surface area contributed by atoms with Gasteiger partial charge in [-0.2, -0.15) is 0 Å². The van der Waals surface area contributed by atoms with Gasteiger partial charge in [-0.05, 0) is 37.9 Å². The maximum atomic E-state index is 11.9. The lowest BCUT2D eigenvalue weighted by Gasteiger charge is -2.13. The quantitative estimate of drug-likeness (QED) is 0.838. The molecule has 0 spiro atoms. The van der Waals surface area contributed by atoms with Crippen molar-refractivity contribution in [1.82, 2.24) is 10.3 Å². The summed E-state index contributed by atoms with van der Waals surface area (Å²) >= 11 is 0. The summed E-state index contributed by atoms with van der Waals surface area (Å²) in [5.41, 5.74) is 0.829. The van der Waals surface area contributed by atoms with Gasteiger partial charge in [-0.3, -0.25) is 4.72 Å². The second-order valence-corrected chi connectivity index (χ2v) is 6.11. The van der Waals surface area contributed by atoms with Crippen LogP contribution in [0.1, 0.15) is 18.4 Å². The first-order chi connectivity index (χ1) is 8.07. The van der Waals surface area contributed by atoms with Gasteiger partial charge in [0, 0.05) is 12.2 Å². The fourth-order valence-electron chi connectivity index (χ4n) is 1.95. The molecule has 1 atom stereocenters. The van der Waals surface area contributed by atoms with Crippen molar-refractivity contribution in [2.45, 2.75) is 25.8 Å². The van der Waals surface area contributed by atoms with Crippen LogP contribution in [-0.4, -0.2) is 31.7 Å². The smallest absolute Gasteiger partial charge is 0.235 e. The number of anilines is 1. The number of hydrogen-bond acceptors (Lipinski definition) is 4. The zero-order valence-electron chi connectivity index (χ0n) is 9.81. The number of nitrogens with one attached hydrogen (secondary N) is 2. The Balaban J connectivity index is 2.04. The van der Waals surface area contributed by atoms with Gasteiger partial charge < -0.3 is 5.32 Å². The van der Waals surface area contributed by atoms with Crippen molar-refractivity contribution in [3.8, 4) is 0 Å². The molecule has 1 unspecified atom stereocenters. The summed E-state index contributed by atoms with van der Waals surface area (Å²) in [6, 6.07) is 3.68. The fraction of sp³-hybridized carbons (Fsp3) is 0.545. The first kappa shape index (κ1) is 12.3. The lowest BCUT2D eigenvalue weighted by Crippen LogP contribution is -2.33. The molecule has 0 saturated carbocycles. The minimum Gasteiger partial charge on any atom is -0.313 e. The molecule has 0 amide bonds. The van der Waals surface area contributed by atoms with Crippen molar-refractivity contribution in [3.63, 3.8) is 0 Å². The lowest BCUT2D eigenvalue weighted by atomic mass is 10.3. The van der Waals surface area contributed by atoms with Crippen molar-refractivity contribution < 1.29 is 8.42 Å². The maximum Gasteiger partial charge on any atom is 0.235 e. The second-order valence-electron chi connectivity index (χ2n) is 4.35. The molecule has 1 aliphatic heterocycles. The summed E-state index contributed by atoms with van der Waals surface area (Å²) in [5, 5.41) is 3.17. The first-order valence-corrected chi connectivity index (χ1v) is 7.37. The van der Waals surface area contributed by atoms with E-state index >= 15 is 0 Å². The molecule has 5 nitrogen and oxygen atoms in total. The van der Waals surface area contributed by atoms with Gasteiger partial charge in [0.15, 0.2) is 0 Å². The Hall–Kier alpha value is -1.14. The molecule has 1 saturated heterocycles. The zero-order chi connectivity index (χ0) is 12.3. The molecule has 94 valence electrons. The normalized spacial score (nSPS) is 20.4. The zero-order valence-corrected chi connectivity index (χ0v) is 10.6. The van der Waals surface area contributed by atoms with Crippen LogP contribution in [0.15, 0.2) is 18.3 Å². The maximum absolute atomic E-state index is 11.9. The molecule has 1 aromatic rings. The van der Waals surface area contributed by atoms with Crippen molar-refractivity contribution >= 4 is 15.8 Å². The number of hydrogen-bond donors (Lipinski definition) is 2. The van der Waals surface area contributed by atoms with Crippen LogP contribution in [0.25, 0.3) is 0 Å². The summed E-state index contributed by atoms with van der Waals surface area (Å²) in [5.74, 6) is 0.536. The van der Waals surface area contributed by atoms with Gasteiger partial charge in [-0.1, -0.05) is 6.07 Å². The van der Waals surface area contributed by atoms with Crippen LogP contribution in [0.2, 0.25) is 0 Å². The van der Waals surface area contributed by atoms with E-state index in [1.165, 1.54) is 0 Å². The van der Waals surface area contributed by atoms with E-state index in [9.17, 15) is 8.42 Å². The Labute approximate surface area is 102 Å². The van der Waals surface area contributed by atoms with E-state index in [0.717, 1.165) is 24.9 Å². The summed E-state index contributed by atoms with van der Waals surface area (Å²) < 4.78 is 26.4. The summed E-state index contributed by atoms with van der Waals surface area (Å²) in [6.07, 6.45) is 3.55. The molecule has 0 bridgehead atoms. The van der Waals surface area contributed by atoms with Crippen LogP contribution in [0, 0.1) is 6.92 Å². The van der Waals surface area contributed by atoms with Crippen LogP contribution < -0.4 is 10.0 Å². The predicted octanol–water partition coefficient (Wildman–Crippen LogP) is 0.884. The standard InChI is InChI=1S/C11H17N3O2S/c1-9-4-2-7-13-11(9)14-17(15,16)8-10-5-3-6-12-10/h2,4,7,10,12H,3,5-6,8H2,1H3,(H,13,14). The highest BCUT2D eigenvalue weighted by molar-refractivity contribution is 7.92. The van der Waals surface area contributed by atoms with E-state index in [1.807, 2.05) is 13.0 Å². The molecule has 1 fully saturated rings. The molecule has 0 aliphatic carbocycles. The highest BCUT2D eigenvalue weighted by atomic mass is 32.2. The highest BCUT2D eigenvalue weighted by Crippen LogP contribution is 2.13. The van der Waals surface area contributed by atoms with Gasteiger partial charge in [0.05, 0.1) is 5.75 Å². The van der Waals surface area contributed by atoms with Gasteiger partial charge in [-0.25, -0.2) is 13.4 Å². The Bertz CT molecular complexity index is 481. The van der Waals surface area contributed by atoms with Crippen LogP contribution in [0.4, 0.5) is 5.82 Å². The molecule has 6 heteroatoms. The van der Waals surface area contributed by atoms with Gasteiger partial charge in [0.2, 0.25) is 10.0 Å². The Morgan fingerprint density at radius 3 is 3.06 bits per heavy atom. The minimum atomic E-state index is -3.32. The number of nitrogens with zero attached hydrogens (tertiary/aromatic N) is 1. The lowest BCUT2D eigenvalue weighted by molar-refractivity contribution is 0.581. The minimum absolute atomic E-state index is 0.0662. The Morgan fingerprint density at radius 2 is 2.41 bits per heavy atom. The number of rotatable bonds is 4. The Kier molecular flexibility index (Phi) is 3.63. The number of aromatic nitrogens is 1. The summed E-state index contributed by atoms with van der Waals surface area (Å²) in [7, 11) is -3.32. The van der Waals surface area contributed by atoms with Crippen LogP contribution in [0.5, 0.6) is 0 Å². The molecule has 2 N–H and O–H groups in total. The van der Waals surface area contributed by atoms with Gasteiger partial charge in [0.25, 0.3) is 0 Å². The first-order valence-electron chi connectivity index (χ1n) is 5.72. The third kappa shape index (κ3) is 3.41. The molecule has 17 heavy (non-hydrogen) atoms. The average molecular weight is 255 g/mol. The van der Waals surface area contributed by atoms with Crippen LogP contribution in [-0.2, 0) is 10.0 Å². The molecular weight excluding hydrogens is 238 g/mol. The molecule has 2 heterocycles. The van der Waals surface area contributed by atoms with E-state index < -0.39 is 10.0 Å². The number of aryl methyl sites for hydroxylation is 1. The summed E-state index contributed by atoms with van der Waals surface area (Å²) in [4.78, 5) is 4.03. The second kappa shape index (κ2) is 5.01. The van der Waals surface area contributed by atoms with Gasteiger partial charge >= 0.3 is 0 Å². The number of sulfonamides is 1. The molecule has 0 radical (unpaired) electrons. The van der Waals surface area contributed by atoms with Gasteiger partial charge in [0.1, 0.15) is 5.82 Å². The molecule has 1 aromatic heterocycles. The van der Waals surface area contributed by atoms with Crippen molar-refractivity contribution in [2.24, 2.45) is 0 Å². The van der Waals surface area contributed by atoms with Crippen molar-refractivity contribution in [1.29, 1.82) is 0 Å². The third-order valence-electron chi connectivity index (χ3n) is 2.84. The van der Waals surface area contributed by atoms with E-state index in [2.05, 4.69) is 15.0 Å². The van der Waals surface area contributed by atoms with E-state index in [4.69, 9.17) is 0 Å². The van der Waals surface area contributed by atoms with E-state index in [-0.39, 0.29) is 11.8 Å². The molecular formula is C11H17N3O2S. The SMILES string of the molecule is Cc1cccnc1NS(=O)(=O)CC1CCCN1. The molecule has 0 aromatic carbocycles. The fourth-order valence-corrected chi connectivity index (χ4v) is 3.35. The molecule has 1 aliphatic rings. The van der Waals surface area contributed by atoms with E-state index in [1.54, 1.807) is 12.3 Å². The summed E-state index contributed by atoms with van der Waals surface area (Å²) in [6.45, 7) is 2.74. The third-order valence-corrected chi connectivity index (χ3v) is 4.19. The van der Waals surface area contributed by atoms with Crippen LogP contribution in [0.3, 0.4) is 0 Å². The monoisotopic (exact) mass is 255 g/mol. The van der Waals surface area contributed by atoms with Crippen molar-refractivity contribution in [3.05, 3.63) is 23.9 Å². The average Bonchev–Trinajstić information content (AvgIpc) is 2.73. The predicted molar refractivity (Wildman–Crippen MR) is 67.4 cm³/mol. The highest BCUT2D eigenvalue weighted by Gasteiger charge is 2.22.